The molecule has 100 valence electrons. The summed E-state index contributed by atoms with van der Waals surface area (Å²) in [5.74, 6) is -0.695. The Labute approximate surface area is 109 Å². The molecule has 6 heteroatoms. The van der Waals surface area contributed by atoms with Gasteiger partial charge in [-0.3, -0.25) is 4.79 Å². The minimum absolute atomic E-state index is 0.0207. The van der Waals surface area contributed by atoms with E-state index < -0.39 is 11.9 Å². The van der Waals surface area contributed by atoms with E-state index in [0.29, 0.717) is 18.0 Å². The van der Waals surface area contributed by atoms with Gasteiger partial charge in [0.1, 0.15) is 0 Å². The summed E-state index contributed by atoms with van der Waals surface area (Å²) in [6.45, 7) is 0.781. The Morgan fingerprint density at radius 1 is 1.37 bits per heavy atom. The van der Waals surface area contributed by atoms with Gasteiger partial charge in [-0.25, -0.2) is 0 Å². The van der Waals surface area contributed by atoms with E-state index in [9.17, 15) is 14.7 Å². The molecule has 0 N–H and O–H groups in total. The van der Waals surface area contributed by atoms with Gasteiger partial charge in [0, 0.05) is 31.4 Å². The van der Waals surface area contributed by atoms with Crippen LogP contribution in [0.5, 0.6) is 11.5 Å². The Balaban J connectivity index is 1.72. The summed E-state index contributed by atoms with van der Waals surface area (Å²) in [5, 5.41) is 10.8. The van der Waals surface area contributed by atoms with Crippen LogP contribution < -0.4 is 14.6 Å². The molecule has 1 aromatic carbocycles. The zero-order chi connectivity index (χ0) is 13.4. The molecule has 19 heavy (non-hydrogen) atoms. The lowest BCUT2D eigenvalue weighted by Gasteiger charge is -2.17. The van der Waals surface area contributed by atoms with Crippen molar-refractivity contribution in [1.82, 2.24) is 4.90 Å². The van der Waals surface area contributed by atoms with Crippen molar-refractivity contribution in [2.45, 2.75) is 13.0 Å². The van der Waals surface area contributed by atoms with Gasteiger partial charge in [0.25, 0.3) is 0 Å². The number of hydrogen-bond acceptors (Lipinski definition) is 5. The number of benzene rings is 1. The highest BCUT2D eigenvalue weighted by Gasteiger charge is 2.30. The number of fused-ring (bicyclic) bond motifs is 1. The monoisotopic (exact) mass is 262 g/mol. The molecular formula is C13H12NO5-. The van der Waals surface area contributed by atoms with Crippen LogP contribution in [0.15, 0.2) is 18.2 Å². The highest BCUT2D eigenvalue weighted by atomic mass is 16.7. The molecule has 2 aliphatic rings. The number of nitrogens with zero attached hydrogens (tertiary/aromatic N) is 1. The van der Waals surface area contributed by atoms with Crippen molar-refractivity contribution in [2.75, 3.05) is 13.3 Å². The fraction of sp³-hybridized carbons (Fsp3) is 0.385. The molecule has 2 heterocycles. The van der Waals surface area contributed by atoms with E-state index in [1.165, 1.54) is 4.90 Å². The SMILES string of the molecule is O=C([O-])C1CC(=O)N(Cc2ccc3c(c2)OCO3)C1. The second kappa shape index (κ2) is 4.46. The average molecular weight is 262 g/mol. The molecule has 6 nitrogen and oxygen atoms in total. The van der Waals surface area contributed by atoms with Gasteiger partial charge in [0.05, 0.1) is 0 Å². The van der Waals surface area contributed by atoms with E-state index in [0.717, 1.165) is 5.56 Å². The van der Waals surface area contributed by atoms with Gasteiger partial charge in [-0.05, 0) is 17.7 Å². The van der Waals surface area contributed by atoms with Gasteiger partial charge in [-0.1, -0.05) is 6.07 Å². The number of likely N-dealkylation sites (tertiary alicyclic amines) is 1. The number of carbonyl (C=O) groups excluding carboxylic acids is 2. The topological polar surface area (TPSA) is 78.9 Å². The van der Waals surface area contributed by atoms with Crippen LogP contribution >= 0.6 is 0 Å². The van der Waals surface area contributed by atoms with Crippen molar-refractivity contribution < 1.29 is 24.2 Å². The maximum atomic E-state index is 11.7. The van der Waals surface area contributed by atoms with E-state index in [1.807, 2.05) is 12.1 Å². The van der Waals surface area contributed by atoms with Crippen LogP contribution in [0.25, 0.3) is 0 Å². The summed E-state index contributed by atoms with van der Waals surface area (Å²) >= 11 is 0. The smallest absolute Gasteiger partial charge is 0.231 e. The Morgan fingerprint density at radius 2 is 2.16 bits per heavy atom. The minimum Gasteiger partial charge on any atom is -0.550 e. The van der Waals surface area contributed by atoms with Crippen molar-refractivity contribution in [3.8, 4) is 11.5 Å². The highest BCUT2D eigenvalue weighted by molar-refractivity contribution is 5.85. The summed E-state index contributed by atoms with van der Waals surface area (Å²) in [5.41, 5.74) is 0.886. The quantitative estimate of drug-likeness (QED) is 0.734. The third kappa shape index (κ3) is 2.21. The lowest BCUT2D eigenvalue weighted by molar-refractivity contribution is -0.311. The second-order valence-electron chi connectivity index (χ2n) is 4.68. The summed E-state index contributed by atoms with van der Waals surface area (Å²) in [7, 11) is 0. The Bertz CT molecular complexity index is 542. The van der Waals surface area contributed by atoms with Gasteiger partial charge in [-0.15, -0.1) is 0 Å². The minimum atomic E-state index is -1.17. The van der Waals surface area contributed by atoms with Crippen LogP contribution in [0.1, 0.15) is 12.0 Å². The molecule has 0 spiro atoms. The largest absolute Gasteiger partial charge is 0.550 e. The molecule has 1 aromatic rings. The van der Waals surface area contributed by atoms with E-state index in [2.05, 4.69) is 0 Å². The lowest BCUT2D eigenvalue weighted by Crippen LogP contribution is -2.33. The summed E-state index contributed by atoms with van der Waals surface area (Å²) in [6.07, 6.45) is 0.0207. The van der Waals surface area contributed by atoms with Crippen LogP contribution in [0.2, 0.25) is 0 Å². The molecule has 0 bridgehead atoms. The lowest BCUT2D eigenvalue weighted by atomic mass is 10.1. The predicted molar refractivity (Wildman–Crippen MR) is 61.1 cm³/mol. The summed E-state index contributed by atoms with van der Waals surface area (Å²) in [6, 6.07) is 5.43. The first-order valence-corrected chi connectivity index (χ1v) is 6.00. The maximum absolute atomic E-state index is 11.7. The first kappa shape index (κ1) is 11.8. The van der Waals surface area contributed by atoms with Gasteiger partial charge in [-0.2, -0.15) is 0 Å². The summed E-state index contributed by atoms with van der Waals surface area (Å²) in [4.78, 5) is 24.0. The first-order valence-electron chi connectivity index (χ1n) is 6.00. The second-order valence-corrected chi connectivity index (χ2v) is 4.68. The van der Waals surface area contributed by atoms with Gasteiger partial charge in [0.2, 0.25) is 12.7 Å². The average Bonchev–Trinajstić information content (AvgIpc) is 2.96. The molecule has 0 radical (unpaired) electrons. The first-order chi connectivity index (χ1) is 9.13. The normalized spacial score (nSPS) is 20.9. The third-order valence-corrected chi connectivity index (χ3v) is 3.36. The Kier molecular flexibility index (Phi) is 2.77. The van der Waals surface area contributed by atoms with E-state index in [4.69, 9.17) is 9.47 Å². The molecule has 0 aromatic heterocycles. The summed E-state index contributed by atoms with van der Waals surface area (Å²) < 4.78 is 10.5. The van der Waals surface area contributed by atoms with Crippen LogP contribution in [0.4, 0.5) is 0 Å². The van der Waals surface area contributed by atoms with Crippen molar-refractivity contribution in [1.29, 1.82) is 0 Å². The Morgan fingerprint density at radius 3 is 2.89 bits per heavy atom. The van der Waals surface area contributed by atoms with Gasteiger partial charge < -0.3 is 24.3 Å². The molecule has 1 fully saturated rings. The number of ether oxygens (including phenoxy) is 2. The van der Waals surface area contributed by atoms with E-state index in [-0.39, 0.29) is 25.7 Å². The zero-order valence-electron chi connectivity index (χ0n) is 10.1. The molecule has 1 amide bonds. The van der Waals surface area contributed by atoms with Crippen LogP contribution in [-0.2, 0) is 16.1 Å². The van der Waals surface area contributed by atoms with Crippen molar-refractivity contribution in [2.24, 2.45) is 5.92 Å². The number of carboxylic acid groups (broad SMARTS) is 1. The molecule has 3 rings (SSSR count). The van der Waals surface area contributed by atoms with Crippen molar-refractivity contribution >= 4 is 11.9 Å². The molecular weight excluding hydrogens is 250 g/mol. The Hall–Kier alpha value is -2.24. The highest BCUT2D eigenvalue weighted by Crippen LogP contribution is 2.33. The number of amides is 1. The van der Waals surface area contributed by atoms with Crippen molar-refractivity contribution in [3.63, 3.8) is 0 Å². The third-order valence-electron chi connectivity index (χ3n) is 3.36. The fourth-order valence-electron chi connectivity index (χ4n) is 2.34. The standard InChI is InChI=1S/C13H13NO5/c15-12-4-9(13(16)17)6-14(12)5-8-1-2-10-11(3-8)19-7-18-10/h1-3,9H,4-7H2,(H,16,17)/p-1. The van der Waals surface area contributed by atoms with Crippen LogP contribution in [0, 0.1) is 5.92 Å². The number of hydrogen-bond donors (Lipinski definition) is 0. The van der Waals surface area contributed by atoms with E-state index in [1.54, 1.807) is 6.07 Å². The zero-order valence-corrected chi connectivity index (χ0v) is 10.1. The molecule has 0 saturated carbocycles. The maximum Gasteiger partial charge on any atom is 0.231 e. The van der Waals surface area contributed by atoms with Crippen LogP contribution in [0.3, 0.4) is 0 Å². The molecule has 1 saturated heterocycles. The van der Waals surface area contributed by atoms with Gasteiger partial charge >= 0.3 is 0 Å². The predicted octanol–water partition coefficient (Wildman–Crippen LogP) is -0.486. The van der Waals surface area contributed by atoms with Crippen molar-refractivity contribution in [3.05, 3.63) is 23.8 Å². The number of rotatable bonds is 3. The number of carbonyl (C=O) groups is 2. The molecule has 1 atom stereocenters. The van der Waals surface area contributed by atoms with E-state index >= 15 is 0 Å². The number of carboxylic acids is 1. The number of aliphatic carboxylic acids is 1. The molecule has 2 aliphatic heterocycles. The fourth-order valence-corrected chi connectivity index (χ4v) is 2.34. The molecule has 0 aliphatic carbocycles. The molecule has 1 unspecified atom stereocenters. The van der Waals surface area contributed by atoms with Crippen LogP contribution in [-0.4, -0.2) is 30.1 Å². The van der Waals surface area contributed by atoms with Gasteiger partial charge in [0.15, 0.2) is 11.5 Å².